The molecular formula is C13H17N5O2. The maximum atomic E-state index is 11.1. The van der Waals surface area contributed by atoms with Crippen molar-refractivity contribution in [1.29, 1.82) is 0 Å². The molecular weight excluding hydrogens is 258 g/mol. The van der Waals surface area contributed by atoms with E-state index in [1.165, 1.54) is 6.20 Å². The molecule has 3 heterocycles. The number of nitrogens with one attached hydrogen (secondary N) is 1. The van der Waals surface area contributed by atoms with Crippen LogP contribution in [-0.2, 0) is 0 Å². The van der Waals surface area contributed by atoms with Gasteiger partial charge < -0.3 is 20.3 Å². The lowest BCUT2D eigenvalue weighted by Gasteiger charge is -2.33. The molecule has 0 aliphatic carbocycles. The lowest BCUT2D eigenvalue weighted by molar-refractivity contribution is -0.388. The molecule has 2 aliphatic rings. The van der Waals surface area contributed by atoms with Crippen molar-refractivity contribution in [2.24, 2.45) is 10.9 Å². The maximum Gasteiger partial charge on any atom is 0.387 e. The number of rotatable bonds is 3. The average Bonchev–Trinajstić information content (AvgIpc) is 3.01. The third-order valence-corrected chi connectivity index (χ3v) is 3.79. The molecule has 0 saturated carbocycles. The third-order valence-electron chi connectivity index (χ3n) is 3.79. The smallest absolute Gasteiger partial charge is 0.372 e. The highest BCUT2D eigenvalue weighted by Crippen LogP contribution is 2.29. The molecule has 1 N–H and O–H groups in total. The Balaban J connectivity index is 1.81. The second-order valence-corrected chi connectivity index (χ2v) is 5.08. The SMILES string of the molecule is O=[N+]([O-])c1ncccc1N1CCCC(C2=NCCN2)C1. The zero-order valence-corrected chi connectivity index (χ0v) is 11.2. The minimum Gasteiger partial charge on any atom is -0.372 e. The third kappa shape index (κ3) is 2.43. The fourth-order valence-corrected chi connectivity index (χ4v) is 2.88. The van der Waals surface area contributed by atoms with Crippen LogP contribution in [0, 0.1) is 16.0 Å². The molecule has 1 fully saturated rings. The van der Waals surface area contributed by atoms with Gasteiger partial charge in [-0.1, -0.05) is 0 Å². The average molecular weight is 275 g/mol. The number of pyridine rings is 1. The van der Waals surface area contributed by atoms with Gasteiger partial charge in [0.05, 0.1) is 6.54 Å². The van der Waals surface area contributed by atoms with E-state index in [1.54, 1.807) is 12.1 Å². The van der Waals surface area contributed by atoms with Crippen molar-refractivity contribution in [1.82, 2.24) is 10.3 Å². The Morgan fingerprint density at radius 1 is 1.50 bits per heavy atom. The van der Waals surface area contributed by atoms with Gasteiger partial charge in [-0.05, 0) is 34.9 Å². The number of aliphatic imine (C=N–C) groups is 1. The lowest BCUT2D eigenvalue weighted by Crippen LogP contribution is -2.42. The van der Waals surface area contributed by atoms with Crippen molar-refractivity contribution in [3.05, 3.63) is 28.4 Å². The fourth-order valence-electron chi connectivity index (χ4n) is 2.88. The van der Waals surface area contributed by atoms with E-state index in [2.05, 4.69) is 20.2 Å². The number of piperidine rings is 1. The topological polar surface area (TPSA) is 83.7 Å². The van der Waals surface area contributed by atoms with Crippen LogP contribution in [0.25, 0.3) is 0 Å². The quantitative estimate of drug-likeness (QED) is 0.662. The second-order valence-electron chi connectivity index (χ2n) is 5.08. The molecule has 20 heavy (non-hydrogen) atoms. The summed E-state index contributed by atoms with van der Waals surface area (Å²) in [6.45, 7) is 3.33. The van der Waals surface area contributed by atoms with Gasteiger partial charge in [0, 0.05) is 25.6 Å². The summed E-state index contributed by atoms with van der Waals surface area (Å²) < 4.78 is 0. The summed E-state index contributed by atoms with van der Waals surface area (Å²) in [5.41, 5.74) is 0.612. The molecule has 0 radical (unpaired) electrons. The number of hydrogen-bond donors (Lipinski definition) is 1. The van der Waals surface area contributed by atoms with Crippen LogP contribution >= 0.6 is 0 Å². The molecule has 0 aromatic carbocycles. The van der Waals surface area contributed by atoms with Crippen molar-refractivity contribution < 1.29 is 4.92 Å². The lowest BCUT2D eigenvalue weighted by atomic mass is 9.96. The highest BCUT2D eigenvalue weighted by Gasteiger charge is 2.29. The van der Waals surface area contributed by atoms with Gasteiger partial charge in [-0.15, -0.1) is 0 Å². The summed E-state index contributed by atoms with van der Waals surface area (Å²) >= 11 is 0. The van der Waals surface area contributed by atoms with Crippen LogP contribution in [-0.4, -0.2) is 41.9 Å². The van der Waals surface area contributed by atoms with Gasteiger partial charge in [0.1, 0.15) is 17.7 Å². The zero-order chi connectivity index (χ0) is 13.9. The van der Waals surface area contributed by atoms with E-state index in [4.69, 9.17) is 0 Å². The molecule has 3 rings (SSSR count). The van der Waals surface area contributed by atoms with E-state index in [1.807, 2.05) is 0 Å². The number of aromatic nitrogens is 1. The summed E-state index contributed by atoms with van der Waals surface area (Å²) in [6, 6.07) is 3.52. The molecule has 1 aromatic rings. The fraction of sp³-hybridized carbons (Fsp3) is 0.538. The van der Waals surface area contributed by atoms with Crippen LogP contribution < -0.4 is 10.2 Å². The van der Waals surface area contributed by atoms with Gasteiger partial charge in [-0.3, -0.25) is 4.99 Å². The Hall–Kier alpha value is -2.18. The molecule has 1 atom stereocenters. The number of amidine groups is 1. The number of nitrogens with zero attached hydrogens (tertiary/aromatic N) is 4. The summed E-state index contributed by atoms with van der Waals surface area (Å²) in [5.74, 6) is 1.33. The van der Waals surface area contributed by atoms with Crippen molar-refractivity contribution in [3.63, 3.8) is 0 Å². The first-order valence-corrected chi connectivity index (χ1v) is 6.88. The zero-order valence-electron chi connectivity index (χ0n) is 11.2. The van der Waals surface area contributed by atoms with Crippen LogP contribution in [0.15, 0.2) is 23.3 Å². The highest BCUT2D eigenvalue weighted by molar-refractivity contribution is 5.86. The normalized spacial score (nSPS) is 22.3. The van der Waals surface area contributed by atoms with Gasteiger partial charge in [-0.2, -0.15) is 0 Å². The maximum absolute atomic E-state index is 11.1. The second kappa shape index (κ2) is 5.44. The summed E-state index contributed by atoms with van der Waals surface area (Å²) in [4.78, 5) is 21.1. The molecule has 0 bridgehead atoms. The Labute approximate surface area is 116 Å². The Morgan fingerprint density at radius 3 is 3.15 bits per heavy atom. The first-order valence-electron chi connectivity index (χ1n) is 6.88. The van der Waals surface area contributed by atoms with Crippen LogP contribution in [0.3, 0.4) is 0 Å². The van der Waals surface area contributed by atoms with Crippen LogP contribution in [0.5, 0.6) is 0 Å². The van der Waals surface area contributed by atoms with Crippen LogP contribution in [0.1, 0.15) is 12.8 Å². The molecule has 1 aromatic heterocycles. The Kier molecular flexibility index (Phi) is 3.49. The van der Waals surface area contributed by atoms with E-state index in [0.717, 1.165) is 44.9 Å². The first-order chi connectivity index (χ1) is 9.75. The van der Waals surface area contributed by atoms with E-state index in [-0.39, 0.29) is 5.82 Å². The van der Waals surface area contributed by atoms with Crippen LogP contribution in [0.2, 0.25) is 0 Å². The molecule has 1 unspecified atom stereocenters. The van der Waals surface area contributed by atoms with Gasteiger partial charge in [0.15, 0.2) is 0 Å². The van der Waals surface area contributed by atoms with E-state index >= 15 is 0 Å². The molecule has 106 valence electrons. The van der Waals surface area contributed by atoms with E-state index in [9.17, 15) is 10.1 Å². The Bertz CT molecular complexity index is 545. The number of nitro groups is 1. The first kappa shape index (κ1) is 12.8. The van der Waals surface area contributed by atoms with E-state index < -0.39 is 4.92 Å². The highest BCUT2D eigenvalue weighted by atomic mass is 16.6. The summed E-state index contributed by atoms with van der Waals surface area (Å²) in [6.07, 6.45) is 3.56. The minimum absolute atomic E-state index is 0.0607. The molecule has 2 aliphatic heterocycles. The van der Waals surface area contributed by atoms with Crippen molar-refractivity contribution in [3.8, 4) is 0 Å². The largest absolute Gasteiger partial charge is 0.387 e. The van der Waals surface area contributed by atoms with Gasteiger partial charge in [0.2, 0.25) is 0 Å². The van der Waals surface area contributed by atoms with Gasteiger partial charge in [0.25, 0.3) is 0 Å². The predicted molar refractivity (Wildman–Crippen MR) is 76.1 cm³/mol. The molecule has 7 nitrogen and oxygen atoms in total. The van der Waals surface area contributed by atoms with Gasteiger partial charge in [-0.25, -0.2) is 0 Å². The number of hydrogen-bond acceptors (Lipinski definition) is 6. The minimum atomic E-state index is -0.412. The molecule has 0 amide bonds. The molecule has 0 spiro atoms. The van der Waals surface area contributed by atoms with Crippen molar-refractivity contribution in [2.45, 2.75) is 12.8 Å². The summed E-state index contributed by atoms with van der Waals surface area (Å²) in [5, 5.41) is 14.4. The predicted octanol–water partition coefficient (Wildman–Crippen LogP) is 1.21. The Morgan fingerprint density at radius 2 is 2.40 bits per heavy atom. The monoisotopic (exact) mass is 275 g/mol. The van der Waals surface area contributed by atoms with Crippen molar-refractivity contribution >= 4 is 17.3 Å². The standard InChI is InChI=1S/C13H17N5O2/c19-18(20)13-11(4-1-5-16-13)17-8-2-3-10(9-17)12-14-6-7-15-12/h1,4-5,10H,2-3,6-9H2,(H,14,15). The van der Waals surface area contributed by atoms with Crippen LogP contribution in [0.4, 0.5) is 11.5 Å². The molecule has 1 saturated heterocycles. The number of anilines is 1. The summed E-state index contributed by atoms with van der Waals surface area (Å²) in [7, 11) is 0. The van der Waals surface area contributed by atoms with Gasteiger partial charge >= 0.3 is 5.82 Å². The molecule has 7 heteroatoms. The van der Waals surface area contributed by atoms with Crippen molar-refractivity contribution in [2.75, 3.05) is 31.1 Å². The van der Waals surface area contributed by atoms with E-state index in [0.29, 0.717) is 11.6 Å².